The molecule has 0 bridgehead atoms. The van der Waals surface area contributed by atoms with Gasteiger partial charge < -0.3 is 9.84 Å². The van der Waals surface area contributed by atoms with Crippen LogP contribution in [0.15, 0.2) is 24.3 Å². The maximum atomic E-state index is 9.06. The molecule has 0 aliphatic heterocycles. The molecule has 0 spiro atoms. The first-order valence-corrected chi connectivity index (χ1v) is 6.62. The first-order chi connectivity index (χ1) is 8.28. The van der Waals surface area contributed by atoms with E-state index < -0.39 is 0 Å². The van der Waals surface area contributed by atoms with Gasteiger partial charge in [-0.3, -0.25) is 0 Å². The molecule has 0 aromatic heterocycles. The van der Waals surface area contributed by atoms with Gasteiger partial charge in [-0.1, -0.05) is 23.7 Å². The maximum Gasteiger partial charge on any atom is 0.0721 e. The summed E-state index contributed by atoms with van der Waals surface area (Å²) in [6.45, 7) is 0.954. The molecule has 0 atom stereocenters. The molecule has 0 amide bonds. The third kappa shape index (κ3) is 3.98. The van der Waals surface area contributed by atoms with Gasteiger partial charge in [-0.2, -0.15) is 0 Å². The fourth-order valence-corrected chi connectivity index (χ4v) is 2.53. The van der Waals surface area contributed by atoms with Crippen LogP contribution in [0.1, 0.15) is 31.2 Å². The average Bonchev–Trinajstić information content (AvgIpc) is 2.37. The number of hydrogen-bond donors (Lipinski definition) is 1. The van der Waals surface area contributed by atoms with Crippen molar-refractivity contribution in [3.8, 4) is 0 Å². The van der Waals surface area contributed by atoms with Crippen LogP contribution in [0.5, 0.6) is 0 Å². The summed E-state index contributed by atoms with van der Waals surface area (Å²) in [5.74, 6) is 0.487. The highest BCUT2D eigenvalue weighted by Crippen LogP contribution is 2.26. The lowest BCUT2D eigenvalue weighted by Gasteiger charge is -2.27. The molecule has 0 heterocycles. The Morgan fingerprint density at radius 2 is 2.00 bits per heavy atom. The molecule has 0 radical (unpaired) electrons. The zero-order chi connectivity index (χ0) is 12.1. The first kappa shape index (κ1) is 12.9. The Bertz CT molecular complexity index is 346. The van der Waals surface area contributed by atoms with Crippen molar-refractivity contribution in [2.45, 2.75) is 38.4 Å². The van der Waals surface area contributed by atoms with E-state index in [1.165, 1.54) is 0 Å². The smallest absolute Gasteiger partial charge is 0.0721 e. The van der Waals surface area contributed by atoms with Gasteiger partial charge in [0.2, 0.25) is 0 Å². The van der Waals surface area contributed by atoms with Crippen LogP contribution in [0.4, 0.5) is 0 Å². The molecule has 0 unspecified atom stereocenters. The molecule has 1 aliphatic rings. The van der Waals surface area contributed by atoms with Gasteiger partial charge in [-0.05, 0) is 49.3 Å². The second-order valence-electron chi connectivity index (χ2n) is 4.77. The average molecular weight is 255 g/mol. The van der Waals surface area contributed by atoms with E-state index in [1.54, 1.807) is 0 Å². The number of rotatable bonds is 4. The molecule has 94 valence electrons. The first-order valence-electron chi connectivity index (χ1n) is 6.25. The summed E-state index contributed by atoms with van der Waals surface area (Å²) >= 11 is 5.92. The predicted molar refractivity (Wildman–Crippen MR) is 69.1 cm³/mol. The lowest BCUT2D eigenvalue weighted by molar-refractivity contribution is 0.00120. The van der Waals surface area contributed by atoms with E-state index in [0.717, 1.165) is 36.3 Å². The minimum atomic E-state index is 0.320. The summed E-state index contributed by atoms with van der Waals surface area (Å²) in [5.41, 5.74) is 1.13. The van der Waals surface area contributed by atoms with Crippen molar-refractivity contribution in [2.75, 3.05) is 6.61 Å². The minimum absolute atomic E-state index is 0.320. The largest absolute Gasteiger partial charge is 0.396 e. The van der Waals surface area contributed by atoms with Crippen LogP contribution in [-0.4, -0.2) is 17.8 Å². The van der Waals surface area contributed by atoms with Gasteiger partial charge in [0.25, 0.3) is 0 Å². The minimum Gasteiger partial charge on any atom is -0.396 e. The van der Waals surface area contributed by atoms with Gasteiger partial charge in [-0.25, -0.2) is 0 Å². The van der Waals surface area contributed by atoms with Crippen molar-refractivity contribution in [2.24, 2.45) is 5.92 Å². The second kappa shape index (κ2) is 6.39. The van der Waals surface area contributed by atoms with Crippen molar-refractivity contribution >= 4 is 11.6 Å². The van der Waals surface area contributed by atoms with Crippen molar-refractivity contribution in [3.05, 3.63) is 34.9 Å². The number of aliphatic hydroxyl groups excluding tert-OH is 1. The van der Waals surface area contributed by atoms with Gasteiger partial charge in [-0.15, -0.1) is 0 Å². The standard InChI is InChI=1S/C14H19ClO2/c15-13-3-1-2-12(8-13)10-17-14-6-4-11(9-16)5-7-14/h1-3,8,11,14,16H,4-7,9-10H2. The number of halogens is 1. The fourth-order valence-electron chi connectivity index (χ4n) is 2.32. The zero-order valence-electron chi connectivity index (χ0n) is 9.94. The van der Waals surface area contributed by atoms with E-state index in [9.17, 15) is 0 Å². The molecule has 17 heavy (non-hydrogen) atoms. The zero-order valence-corrected chi connectivity index (χ0v) is 10.7. The lowest BCUT2D eigenvalue weighted by atomic mass is 9.88. The number of aliphatic hydroxyl groups is 1. The lowest BCUT2D eigenvalue weighted by Crippen LogP contribution is -2.23. The van der Waals surface area contributed by atoms with Gasteiger partial charge in [0.15, 0.2) is 0 Å². The molecule has 2 rings (SSSR count). The van der Waals surface area contributed by atoms with Crippen molar-refractivity contribution < 1.29 is 9.84 Å². The Kier molecular flexibility index (Phi) is 4.84. The summed E-state index contributed by atoms with van der Waals surface area (Å²) in [4.78, 5) is 0. The Morgan fingerprint density at radius 3 is 2.65 bits per heavy atom. The van der Waals surface area contributed by atoms with Crippen molar-refractivity contribution in [3.63, 3.8) is 0 Å². The molecule has 0 saturated heterocycles. The number of benzene rings is 1. The quantitative estimate of drug-likeness (QED) is 0.892. The summed E-state index contributed by atoms with van der Waals surface area (Å²) < 4.78 is 5.88. The highest BCUT2D eigenvalue weighted by atomic mass is 35.5. The van der Waals surface area contributed by atoms with E-state index in [4.69, 9.17) is 21.4 Å². The molecule has 1 saturated carbocycles. The monoisotopic (exact) mass is 254 g/mol. The second-order valence-corrected chi connectivity index (χ2v) is 5.20. The van der Waals surface area contributed by atoms with Crippen molar-refractivity contribution in [1.82, 2.24) is 0 Å². The van der Waals surface area contributed by atoms with Crippen LogP contribution in [0.3, 0.4) is 0 Å². The highest BCUT2D eigenvalue weighted by molar-refractivity contribution is 6.30. The number of hydrogen-bond acceptors (Lipinski definition) is 2. The van der Waals surface area contributed by atoms with Crippen LogP contribution in [0, 0.1) is 5.92 Å². The molecule has 2 nitrogen and oxygen atoms in total. The Labute approximate surface area is 108 Å². The van der Waals surface area contributed by atoms with E-state index in [0.29, 0.717) is 25.2 Å². The van der Waals surface area contributed by atoms with Crippen molar-refractivity contribution in [1.29, 1.82) is 0 Å². The maximum absolute atomic E-state index is 9.06. The molecule has 1 N–H and O–H groups in total. The van der Waals surface area contributed by atoms with E-state index >= 15 is 0 Å². The molecular weight excluding hydrogens is 236 g/mol. The third-order valence-corrected chi connectivity index (χ3v) is 3.66. The SMILES string of the molecule is OCC1CCC(OCc2cccc(Cl)c2)CC1. The summed E-state index contributed by atoms with van der Waals surface area (Å²) in [7, 11) is 0. The molecular formula is C14H19ClO2. The van der Waals surface area contributed by atoms with Crippen LogP contribution >= 0.6 is 11.6 Å². The fraction of sp³-hybridized carbons (Fsp3) is 0.571. The molecule has 1 fully saturated rings. The van der Waals surface area contributed by atoms with Gasteiger partial charge >= 0.3 is 0 Å². The van der Waals surface area contributed by atoms with E-state index in [2.05, 4.69) is 0 Å². The molecule has 1 aromatic carbocycles. The van der Waals surface area contributed by atoms with Gasteiger partial charge in [0.1, 0.15) is 0 Å². The molecule has 3 heteroatoms. The van der Waals surface area contributed by atoms with E-state index in [-0.39, 0.29) is 0 Å². The molecule has 1 aromatic rings. The van der Waals surface area contributed by atoms with Gasteiger partial charge in [0, 0.05) is 11.6 Å². The van der Waals surface area contributed by atoms with Crippen LogP contribution in [-0.2, 0) is 11.3 Å². The predicted octanol–water partition coefficient (Wildman–Crippen LogP) is 3.41. The van der Waals surface area contributed by atoms with Crippen LogP contribution in [0.2, 0.25) is 5.02 Å². The highest BCUT2D eigenvalue weighted by Gasteiger charge is 2.20. The van der Waals surface area contributed by atoms with E-state index in [1.807, 2.05) is 24.3 Å². The Hall–Kier alpha value is -0.570. The number of ether oxygens (including phenoxy) is 1. The Morgan fingerprint density at radius 1 is 1.24 bits per heavy atom. The van der Waals surface area contributed by atoms with Crippen LogP contribution in [0.25, 0.3) is 0 Å². The summed E-state index contributed by atoms with van der Waals surface area (Å²) in [6.07, 6.45) is 4.63. The normalized spacial score (nSPS) is 24.8. The Balaban J connectivity index is 1.76. The third-order valence-electron chi connectivity index (χ3n) is 3.43. The topological polar surface area (TPSA) is 29.5 Å². The summed E-state index contributed by atoms with van der Waals surface area (Å²) in [5, 5.41) is 9.82. The molecule has 1 aliphatic carbocycles. The summed E-state index contributed by atoms with van der Waals surface area (Å²) in [6, 6.07) is 7.80. The van der Waals surface area contributed by atoms with Crippen LogP contribution < -0.4 is 0 Å². The van der Waals surface area contributed by atoms with Gasteiger partial charge in [0.05, 0.1) is 12.7 Å².